The van der Waals surface area contributed by atoms with Gasteiger partial charge in [0, 0.05) is 22.8 Å². The van der Waals surface area contributed by atoms with Gasteiger partial charge in [-0.25, -0.2) is 0 Å². The van der Waals surface area contributed by atoms with Crippen molar-refractivity contribution in [3.05, 3.63) is 40.5 Å². The number of thiophene rings is 1. The second-order valence-corrected chi connectivity index (χ2v) is 6.32. The van der Waals surface area contributed by atoms with Crippen LogP contribution in [0.1, 0.15) is 4.88 Å². The first-order valence-electron chi connectivity index (χ1n) is 6.36. The molecule has 9 heteroatoms. The van der Waals surface area contributed by atoms with E-state index in [0.29, 0.717) is 37.8 Å². The number of fused-ring (bicyclic) bond motifs is 1. The van der Waals surface area contributed by atoms with Crippen molar-refractivity contribution in [1.29, 1.82) is 0 Å². The molecule has 0 aliphatic rings. The highest BCUT2D eigenvalue weighted by Crippen LogP contribution is 2.39. The zero-order valence-corrected chi connectivity index (χ0v) is 13.0. The number of alkyl halides is 3. The summed E-state index contributed by atoms with van der Waals surface area (Å²) < 4.78 is 39.6. The Labute approximate surface area is 137 Å². The molecule has 0 unspecified atom stereocenters. The zero-order chi connectivity index (χ0) is 16.8. The van der Waals surface area contributed by atoms with E-state index in [9.17, 15) is 18.0 Å². The van der Waals surface area contributed by atoms with Crippen molar-refractivity contribution in [1.82, 2.24) is 9.55 Å². The van der Waals surface area contributed by atoms with Crippen LogP contribution in [0.15, 0.2) is 30.6 Å². The molecular formula is C14H9ClF3N3OS. The summed E-state index contributed by atoms with van der Waals surface area (Å²) in [4.78, 5) is 15.0. The molecule has 3 aromatic rings. The molecule has 0 bridgehead atoms. The maximum absolute atomic E-state index is 12.7. The molecule has 3 rings (SSSR count). The van der Waals surface area contributed by atoms with Crippen LogP contribution in [-0.2, 0) is 17.5 Å². The van der Waals surface area contributed by atoms with E-state index in [1.807, 2.05) is 0 Å². The third kappa shape index (κ3) is 3.04. The molecule has 0 fully saturated rings. The average Bonchev–Trinajstić information content (AvgIpc) is 3.04. The van der Waals surface area contributed by atoms with E-state index in [-0.39, 0.29) is 6.54 Å². The van der Waals surface area contributed by atoms with Gasteiger partial charge in [-0.3, -0.25) is 9.78 Å². The fraction of sp³-hybridized carbons (Fsp3) is 0.143. The van der Waals surface area contributed by atoms with Crippen LogP contribution in [-0.4, -0.2) is 15.5 Å². The Hall–Kier alpha value is -2.06. The first-order chi connectivity index (χ1) is 10.8. The quantitative estimate of drug-likeness (QED) is 0.770. The van der Waals surface area contributed by atoms with E-state index in [0.717, 1.165) is 6.07 Å². The van der Waals surface area contributed by atoms with Gasteiger partial charge in [-0.05, 0) is 18.2 Å². The van der Waals surface area contributed by atoms with Crippen molar-refractivity contribution in [2.45, 2.75) is 12.7 Å². The third-order valence-corrected chi connectivity index (χ3v) is 4.62. The van der Waals surface area contributed by atoms with Gasteiger partial charge in [0.25, 0.3) is 0 Å². The van der Waals surface area contributed by atoms with E-state index < -0.39 is 17.0 Å². The Morgan fingerprint density at radius 2 is 2.13 bits per heavy atom. The summed E-state index contributed by atoms with van der Waals surface area (Å²) >= 11 is 6.67. The molecule has 0 aromatic carbocycles. The highest BCUT2D eigenvalue weighted by atomic mass is 35.5. The average molecular weight is 360 g/mol. The lowest BCUT2D eigenvalue weighted by Gasteiger charge is -2.04. The molecule has 23 heavy (non-hydrogen) atoms. The Kier molecular flexibility index (Phi) is 3.81. The number of carbonyl (C=O) groups is 1. The maximum atomic E-state index is 12.7. The van der Waals surface area contributed by atoms with Gasteiger partial charge in [0.15, 0.2) is 0 Å². The molecule has 0 radical (unpaired) electrons. The van der Waals surface area contributed by atoms with Gasteiger partial charge >= 0.3 is 6.18 Å². The highest BCUT2D eigenvalue weighted by Gasteiger charge is 2.32. The number of aromatic nitrogens is 2. The zero-order valence-electron chi connectivity index (χ0n) is 11.4. The van der Waals surface area contributed by atoms with Gasteiger partial charge < -0.3 is 10.3 Å². The standard InChI is InChI=1S/C14H9ClF3N3OS/c15-8-5-21(6-12(19)22)9-3-7(4-20-13(8)9)10-1-2-11(23-10)14(16,17)18/h1-5H,6H2,(H2,19,22). The molecule has 3 aromatic heterocycles. The van der Waals surface area contributed by atoms with Crippen LogP contribution >= 0.6 is 22.9 Å². The van der Waals surface area contributed by atoms with Crippen LogP contribution in [0.4, 0.5) is 13.2 Å². The van der Waals surface area contributed by atoms with E-state index in [1.54, 1.807) is 6.07 Å². The minimum Gasteiger partial charge on any atom is -0.368 e. The summed E-state index contributed by atoms with van der Waals surface area (Å²) in [6.45, 7) is -0.0907. The lowest BCUT2D eigenvalue weighted by atomic mass is 10.2. The van der Waals surface area contributed by atoms with Crippen molar-refractivity contribution in [2.75, 3.05) is 0 Å². The number of nitrogens with zero attached hydrogens (tertiary/aromatic N) is 2. The number of hydrogen-bond donors (Lipinski definition) is 1. The number of nitrogens with two attached hydrogens (primary N) is 1. The number of halogens is 4. The summed E-state index contributed by atoms with van der Waals surface area (Å²) in [6, 6.07) is 4.06. The number of amides is 1. The van der Waals surface area contributed by atoms with E-state index in [1.165, 1.54) is 23.0 Å². The lowest BCUT2D eigenvalue weighted by molar-refractivity contribution is -0.134. The van der Waals surface area contributed by atoms with Crippen LogP contribution in [0.25, 0.3) is 21.5 Å². The summed E-state index contributed by atoms with van der Waals surface area (Å²) in [5.74, 6) is -0.556. The third-order valence-electron chi connectivity index (χ3n) is 3.17. The fourth-order valence-corrected chi connectivity index (χ4v) is 3.32. The molecule has 2 N–H and O–H groups in total. The van der Waals surface area contributed by atoms with Crippen molar-refractivity contribution in [3.63, 3.8) is 0 Å². The minimum absolute atomic E-state index is 0.0907. The van der Waals surface area contributed by atoms with E-state index >= 15 is 0 Å². The molecule has 0 aliphatic heterocycles. The molecule has 0 atom stereocenters. The monoisotopic (exact) mass is 359 g/mol. The molecular weight excluding hydrogens is 351 g/mol. The van der Waals surface area contributed by atoms with Crippen LogP contribution in [0, 0.1) is 0 Å². The van der Waals surface area contributed by atoms with Crippen molar-refractivity contribution >= 4 is 39.9 Å². The van der Waals surface area contributed by atoms with Gasteiger partial charge in [-0.15, -0.1) is 11.3 Å². The highest BCUT2D eigenvalue weighted by molar-refractivity contribution is 7.15. The van der Waals surface area contributed by atoms with E-state index in [2.05, 4.69) is 4.98 Å². The summed E-state index contributed by atoms with van der Waals surface area (Å²) in [7, 11) is 0. The molecule has 4 nitrogen and oxygen atoms in total. The van der Waals surface area contributed by atoms with Crippen molar-refractivity contribution in [2.24, 2.45) is 5.73 Å². The van der Waals surface area contributed by atoms with Crippen LogP contribution < -0.4 is 5.73 Å². The van der Waals surface area contributed by atoms with Crippen LogP contribution in [0.2, 0.25) is 5.02 Å². The van der Waals surface area contributed by atoms with Crippen LogP contribution in [0.5, 0.6) is 0 Å². The summed E-state index contributed by atoms with van der Waals surface area (Å²) in [6.07, 6.45) is -1.41. The Bertz CT molecular complexity index is 900. The Morgan fingerprint density at radius 3 is 2.74 bits per heavy atom. The topological polar surface area (TPSA) is 60.9 Å². The number of carbonyl (C=O) groups excluding carboxylic acids is 1. The molecule has 1 amide bonds. The molecule has 3 heterocycles. The normalized spacial score (nSPS) is 12.0. The number of primary amides is 1. The molecule has 120 valence electrons. The molecule has 0 aliphatic carbocycles. The Balaban J connectivity index is 2.09. The minimum atomic E-state index is -4.38. The van der Waals surface area contributed by atoms with Crippen LogP contribution in [0.3, 0.4) is 0 Å². The second-order valence-electron chi connectivity index (χ2n) is 4.82. The van der Waals surface area contributed by atoms with Gasteiger partial charge in [0.05, 0.1) is 10.5 Å². The molecule has 0 saturated heterocycles. The summed E-state index contributed by atoms with van der Waals surface area (Å²) in [5.41, 5.74) is 6.69. The number of pyridine rings is 1. The fourth-order valence-electron chi connectivity index (χ4n) is 2.20. The molecule has 0 saturated carbocycles. The van der Waals surface area contributed by atoms with E-state index in [4.69, 9.17) is 17.3 Å². The van der Waals surface area contributed by atoms with Gasteiger partial charge in [0.2, 0.25) is 5.91 Å². The van der Waals surface area contributed by atoms with Gasteiger partial charge in [-0.1, -0.05) is 11.6 Å². The van der Waals surface area contributed by atoms with Crippen molar-refractivity contribution < 1.29 is 18.0 Å². The predicted molar refractivity (Wildman–Crippen MR) is 82.3 cm³/mol. The Morgan fingerprint density at radius 1 is 1.39 bits per heavy atom. The van der Waals surface area contributed by atoms with Gasteiger partial charge in [0.1, 0.15) is 16.9 Å². The number of hydrogen-bond acceptors (Lipinski definition) is 3. The maximum Gasteiger partial charge on any atom is 0.425 e. The summed E-state index contributed by atoms with van der Waals surface area (Å²) in [5, 5.41) is 0.343. The smallest absolute Gasteiger partial charge is 0.368 e. The van der Waals surface area contributed by atoms with Gasteiger partial charge in [-0.2, -0.15) is 13.2 Å². The predicted octanol–water partition coefficient (Wildman–Crippen LogP) is 3.92. The molecule has 0 spiro atoms. The SMILES string of the molecule is NC(=O)Cn1cc(Cl)c2ncc(-c3ccc(C(F)(F)F)s3)cc21. The second kappa shape index (κ2) is 5.54. The largest absolute Gasteiger partial charge is 0.425 e. The number of rotatable bonds is 3. The lowest BCUT2D eigenvalue weighted by Crippen LogP contribution is -2.17. The van der Waals surface area contributed by atoms with Crippen molar-refractivity contribution in [3.8, 4) is 10.4 Å². The first-order valence-corrected chi connectivity index (χ1v) is 7.55. The first kappa shape index (κ1) is 15.8.